The number of hydrogen-bond acceptors (Lipinski definition) is 2. The van der Waals surface area contributed by atoms with Crippen molar-refractivity contribution in [2.24, 2.45) is 5.41 Å². The first-order chi connectivity index (χ1) is 9.75. The standard InChI is InChI=1S/C17H25NO3/c1-5-13(12-9-7-6-8-10-12)16(21)18-14(11-15(19)20)17(2,3)4/h6-10,13-14H,5,11H2,1-4H3,(H,18,21)(H,19,20). The first-order valence-electron chi connectivity index (χ1n) is 7.32. The Balaban J connectivity index is 2.87. The van der Waals surface area contributed by atoms with Crippen LogP contribution >= 0.6 is 0 Å². The van der Waals surface area contributed by atoms with Crippen molar-refractivity contribution in [2.75, 3.05) is 0 Å². The van der Waals surface area contributed by atoms with Gasteiger partial charge in [0, 0.05) is 6.04 Å². The zero-order valence-corrected chi connectivity index (χ0v) is 13.2. The highest BCUT2D eigenvalue weighted by Crippen LogP contribution is 2.25. The van der Waals surface area contributed by atoms with E-state index in [2.05, 4.69) is 5.32 Å². The summed E-state index contributed by atoms with van der Waals surface area (Å²) >= 11 is 0. The summed E-state index contributed by atoms with van der Waals surface area (Å²) in [5, 5.41) is 11.9. The Labute approximate surface area is 126 Å². The van der Waals surface area contributed by atoms with Crippen molar-refractivity contribution in [3.8, 4) is 0 Å². The van der Waals surface area contributed by atoms with E-state index in [0.717, 1.165) is 5.56 Å². The van der Waals surface area contributed by atoms with Crippen LogP contribution in [0.4, 0.5) is 0 Å². The average Bonchev–Trinajstić information content (AvgIpc) is 2.38. The van der Waals surface area contributed by atoms with Gasteiger partial charge in [-0.1, -0.05) is 58.0 Å². The van der Waals surface area contributed by atoms with E-state index in [-0.39, 0.29) is 29.7 Å². The van der Waals surface area contributed by atoms with E-state index in [0.29, 0.717) is 6.42 Å². The largest absolute Gasteiger partial charge is 0.481 e. The third kappa shape index (κ3) is 5.21. The number of hydrogen-bond donors (Lipinski definition) is 2. The Hall–Kier alpha value is -1.84. The third-order valence-electron chi connectivity index (χ3n) is 3.67. The molecule has 0 spiro atoms. The number of nitrogens with one attached hydrogen (secondary N) is 1. The summed E-state index contributed by atoms with van der Waals surface area (Å²) in [4.78, 5) is 23.5. The molecule has 0 heterocycles. The quantitative estimate of drug-likeness (QED) is 0.846. The molecule has 0 saturated heterocycles. The molecule has 1 amide bonds. The number of amides is 1. The molecule has 0 aromatic heterocycles. The molecule has 1 aromatic carbocycles. The summed E-state index contributed by atoms with van der Waals surface area (Å²) in [5.41, 5.74) is 0.656. The molecule has 0 radical (unpaired) electrons. The van der Waals surface area contributed by atoms with Crippen LogP contribution in [-0.2, 0) is 9.59 Å². The molecule has 0 bridgehead atoms. The van der Waals surface area contributed by atoms with Gasteiger partial charge in [-0.2, -0.15) is 0 Å². The number of carbonyl (C=O) groups is 2. The summed E-state index contributed by atoms with van der Waals surface area (Å²) in [6, 6.07) is 9.19. The van der Waals surface area contributed by atoms with E-state index in [1.165, 1.54) is 0 Å². The molecular weight excluding hydrogens is 266 g/mol. The van der Waals surface area contributed by atoms with Crippen LogP contribution in [0.3, 0.4) is 0 Å². The molecule has 4 nitrogen and oxygen atoms in total. The zero-order valence-electron chi connectivity index (χ0n) is 13.2. The van der Waals surface area contributed by atoms with Crippen molar-refractivity contribution in [3.63, 3.8) is 0 Å². The van der Waals surface area contributed by atoms with Crippen molar-refractivity contribution in [3.05, 3.63) is 35.9 Å². The molecule has 21 heavy (non-hydrogen) atoms. The number of carboxylic acids is 1. The van der Waals surface area contributed by atoms with Crippen molar-refractivity contribution in [1.82, 2.24) is 5.32 Å². The molecule has 0 aliphatic heterocycles. The van der Waals surface area contributed by atoms with E-state index in [9.17, 15) is 9.59 Å². The topological polar surface area (TPSA) is 66.4 Å². The van der Waals surface area contributed by atoms with Gasteiger partial charge in [-0.25, -0.2) is 0 Å². The summed E-state index contributed by atoms with van der Waals surface area (Å²) in [5.74, 6) is -1.25. The fourth-order valence-corrected chi connectivity index (χ4v) is 2.28. The Kier molecular flexibility index (Phi) is 5.94. The average molecular weight is 291 g/mol. The van der Waals surface area contributed by atoms with Crippen LogP contribution < -0.4 is 5.32 Å². The van der Waals surface area contributed by atoms with Crippen molar-refractivity contribution < 1.29 is 14.7 Å². The Morgan fingerprint density at radius 3 is 2.19 bits per heavy atom. The molecular formula is C17H25NO3. The predicted octanol–water partition coefficient (Wildman–Crippen LogP) is 3.19. The van der Waals surface area contributed by atoms with Crippen LogP contribution in [0.1, 0.15) is 52.0 Å². The number of carboxylic acid groups (broad SMARTS) is 1. The van der Waals surface area contributed by atoms with Gasteiger partial charge in [-0.3, -0.25) is 9.59 Å². The molecule has 2 N–H and O–H groups in total. The maximum absolute atomic E-state index is 12.5. The molecule has 1 aromatic rings. The maximum Gasteiger partial charge on any atom is 0.305 e. The normalized spacial score (nSPS) is 14.3. The van der Waals surface area contributed by atoms with Crippen LogP contribution in [0.15, 0.2) is 30.3 Å². The highest BCUT2D eigenvalue weighted by molar-refractivity contribution is 5.84. The number of carbonyl (C=O) groups excluding carboxylic acids is 1. The second kappa shape index (κ2) is 7.25. The molecule has 116 valence electrons. The van der Waals surface area contributed by atoms with E-state index < -0.39 is 5.97 Å². The zero-order chi connectivity index (χ0) is 16.0. The van der Waals surface area contributed by atoms with Gasteiger partial charge in [0.15, 0.2) is 0 Å². The van der Waals surface area contributed by atoms with E-state index >= 15 is 0 Å². The lowest BCUT2D eigenvalue weighted by Crippen LogP contribution is -2.46. The summed E-state index contributed by atoms with van der Waals surface area (Å²) in [7, 11) is 0. The van der Waals surface area contributed by atoms with Crippen LogP contribution in [0.2, 0.25) is 0 Å². The molecule has 0 aliphatic carbocycles. The Morgan fingerprint density at radius 1 is 1.19 bits per heavy atom. The van der Waals surface area contributed by atoms with Crippen molar-refractivity contribution in [2.45, 2.75) is 52.5 Å². The van der Waals surface area contributed by atoms with Gasteiger partial charge < -0.3 is 10.4 Å². The summed E-state index contributed by atoms with van der Waals surface area (Å²) in [6.45, 7) is 7.76. The lowest BCUT2D eigenvalue weighted by atomic mass is 9.84. The minimum absolute atomic E-state index is 0.0690. The third-order valence-corrected chi connectivity index (χ3v) is 3.67. The number of rotatable bonds is 6. The van der Waals surface area contributed by atoms with Crippen LogP contribution in [-0.4, -0.2) is 23.0 Å². The fraction of sp³-hybridized carbons (Fsp3) is 0.529. The van der Waals surface area contributed by atoms with Gasteiger partial charge in [-0.05, 0) is 17.4 Å². The molecule has 4 heteroatoms. The monoisotopic (exact) mass is 291 g/mol. The van der Waals surface area contributed by atoms with Gasteiger partial charge in [0.2, 0.25) is 5.91 Å². The van der Waals surface area contributed by atoms with Crippen LogP contribution in [0.25, 0.3) is 0 Å². The highest BCUT2D eigenvalue weighted by atomic mass is 16.4. The van der Waals surface area contributed by atoms with Crippen molar-refractivity contribution >= 4 is 11.9 Å². The minimum atomic E-state index is -0.900. The highest BCUT2D eigenvalue weighted by Gasteiger charge is 2.30. The van der Waals surface area contributed by atoms with E-state index in [1.54, 1.807) is 0 Å². The SMILES string of the molecule is CCC(C(=O)NC(CC(=O)O)C(C)(C)C)c1ccccc1. The second-order valence-electron chi connectivity index (χ2n) is 6.40. The Bertz CT molecular complexity index is 477. The van der Waals surface area contributed by atoms with Crippen LogP contribution in [0.5, 0.6) is 0 Å². The first kappa shape index (κ1) is 17.2. The molecule has 0 aliphatic rings. The molecule has 2 unspecified atom stereocenters. The number of benzene rings is 1. The van der Waals surface area contributed by atoms with Gasteiger partial charge in [0.25, 0.3) is 0 Å². The van der Waals surface area contributed by atoms with Gasteiger partial charge in [-0.15, -0.1) is 0 Å². The lowest BCUT2D eigenvalue weighted by molar-refractivity contribution is -0.138. The molecule has 1 rings (SSSR count). The van der Waals surface area contributed by atoms with Gasteiger partial charge in [0.05, 0.1) is 12.3 Å². The van der Waals surface area contributed by atoms with Gasteiger partial charge in [0.1, 0.15) is 0 Å². The molecule has 2 atom stereocenters. The first-order valence-corrected chi connectivity index (χ1v) is 7.32. The molecule has 0 saturated carbocycles. The minimum Gasteiger partial charge on any atom is -0.481 e. The van der Waals surface area contributed by atoms with Crippen LogP contribution in [0, 0.1) is 5.41 Å². The Morgan fingerprint density at radius 2 is 1.76 bits per heavy atom. The van der Waals surface area contributed by atoms with Gasteiger partial charge >= 0.3 is 5.97 Å². The smallest absolute Gasteiger partial charge is 0.305 e. The second-order valence-corrected chi connectivity index (χ2v) is 6.40. The lowest BCUT2D eigenvalue weighted by Gasteiger charge is -2.31. The van der Waals surface area contributed by atoms with Crippen molar-refractivity contribution in [1.29, 1.82) is 0 Å². The summed E-state index contributed by atoms with van der Waals surface area (Å²) in [6.07, 6.45) is 0.611. The molecule has 0 fully saturated rings. The fourth-order valence-electron chi connectivity index (χ4n) is 2.28. The van der Waals surface area contributed by atoms with E-state index in [4.69, 9.17) is 5.11 Å². The summed E-state index contributed by atoms with van der Waals surface area (Å²) < 4.78 is 0. The number of aliphatic carboxylic acids is 1. The predicted molar refractivity (Wildman–Crippen MR) is 83.1 cm³/mol. The maximum atomic E-state index is 12.5. The van der Waals surface area contributed by atoms with E-state index in [1.807, 2.05) is 58.0 Å².